The van der Waals surface area contributed by atoms with Gasteiger partial charge in [-0.2, -0.15) is 0 Å². The SMILES string of the molecule is COc1ccc2c(c1OC)-c1c(O)cccc1CC2. The molecule has 98 valence electrons. The summed E-state index contributed by atoms with van der Waals surface area (Å²) in [6.07, 6.45) is 1.89. The Bertz CT molecular complexity index is 632. The molecule has 0 radical (unpaired) electrons. The summed E-state index contributed by atoms with van der Waals surface area (Å²) in [5.41, 5.74) is 4.17. The lowest BCUT2D eigenvalue weighted by atomic mass is 9.84. The summed E-state index contributed by atoms with van der Waals surface area (Å²) in [6, 6.07) is 9.62. The van der Waals surface area contributed by atoms with Crippen LogP contribution in [0.25, 0.3) is 11.1 Å². The van der Waals surface area contributed by atoms with Crippen LogP contribution >= 0.6 is 0 Å². The van der Waals surface area contributed by atoms with E-state index in [0.29, 0.717) is 17.2 Å². The Morgan fingerprint density at radius 2 is 1.63 bits per heavy atom. The zero-order valence-corrected chi connectivity index (χ0v) is 11.1. The first-order chi connectivity index (χ1) is 9.26. The zero-order valence-electron chi connectivity index (χ0n) is 11.1. The van der Waals surface area contributed by atoms with Gasteiger partial charge in [0.25, 0.3) is 0 Å². The predicted molar refractivity (Wildman–Crippen MR) is 74.1 cm³/mol. The van der Waals surface area contributed by atoms with Gasteiger partial charge in [0.15, 0.2) is 11.5 Å². The van der Waals surface area contributed by atoms with E-state index >= 15 is 0 Å². The van der Waals surface area contributed by atoms with Gasteiger partial charge in [-0.3, -0.25) is 0 Å². The minimum atomic E-state index is 0.296. The van der Waals surface area contributed by atoms with E-state index < -0.39 is 0 Å². The first-order valence-corrected chi connectivity index (χ1v) is 6.31. The van der Waals surface area contributed by atoms with Crippen molar-refractivity contribution in [1.29, 1.82) is 0 Å². The molecule has 0 amide bonds. The van der Waals surface area contributed by atoms with Crippen LogP contribution in [0.2, 0.25) is 0 Å². The highest BCUT2D eigenvalue weighted by atomic mass is 16.5. The van der Waals surface area contributed by atoms with Gasteiger partial charge in [0.1, 0.15) is 5.75 Å². The number of aromatic hydroxyl groups is 1. The molecule has 1 aliphatic rings. The average Bonchev–Trinajstić information content (AvgIpc) is 2.45. The number of hydrogen-bond donors (Lipinski definition) is 1. The highest BCUT2D eigenvalue weighted by molar-refractivity contribution is 5.84. The van der Waals surface area contributed by atoms with Crippen molar-refractivity contribution in [2.24, 2.45) is 0 Å². The molecule has 0 unspecified atom stereocenters. The number of fused-ring (bicyclic) bond motifs is 3. The molecule has 0 saturated heterocycles. The molecule has 0 aliphatic heterocycles. The second-order valence-corrected chi connectivity index (χ2v) is 4.65. The van der Waals surface area contributed by atoms with E-state index in [-0.39, 0.29) is 0 Å². The number of ether oxygens (including phenoxy) is 2. The third kappa shape index (κ3) is 1.73. The molecule has 0 atom stereocenters. The summed E-state index contributed by atoms with van der Waals surface area (Å²) in [4.78, 5) is 0. The molecule has 2 aromatic carbocycles. The van der Waals surface area contributed by atoms with Crippen molar-refractivity contribution in [3.8, 4) is 28.4 Å². The summed E-state index contributed by atoms with van der Waals surface area (Å²) in [5, 5.41) is 10.2. The Kier molecular flexibility index (Phi) is 2.82. The first-order valence-electron chi connectivity index (χ1n) is 6.31. The second-order valence-electron chi connectivity index (χ2n) is 4.65. The van der Waals surface area contributed by atoms with Crippen LogP contribution < -0.4 is 9.47 Å². The lowest BCUT2D eigenvalue weighted by molar-refractivity contribution is 0.355. The molecule has 3 rings (SSSR count). The van der Waals surface area contributed by atoms with Gasteiger partial charge in [0, 0.05) is 11.1 Å². The summed E-state index contributed by atoms with van der Waals surface area (Å²) >= 11 is 0. The van der Waals surface area contributed by atoms with Crippen LogP contribution in [0, 0.1) is 0 Å². The largest absolute Gasteiger partial charge is 0.507 e. The zero-order chi connectivity index (χ0) is 13.4. The second kappa shape index (κ2) is 4.50. The van der Waals surface area contributed by atoms with Crippen LogP contribution in [0.15, 0.2) is 30.3 Å². The maximum atomic E-state index is 10.2. The molecule has 0 fully saturated rings. The molecule has 0 bridgehead atoms. The molecule has 0 aromatic heterocycles. The van der Waals surface area contributed by atoms with E-state index in [1.807, 2.05) is 18.2 Å². The minimum absolute atomic E-state index is 0.296. The van der Waals surface area contributed by atoms with Gasteiger partial charge in [-0.1, -0.05) is 18.2 Å². The van der Waals surface area contributed by atoms with Crippen molar-refractivity contribution in [3.05, 3.63) is 41.5 Å². The third-order valence-corrected chi connectivity index (χ3v) is 3.67. The molecule has 19 heavy (non-hydrogen) atoms. The first kappa shape index (κ1) is 11.9. The number of rotatable bonds is 2. The highest BCUT2D eigenvalue weighted by Gasteiger charge is 2.24. The molecule has 3 nitrogen and oxygen atoms in total. The topological polar surface area (TPSA) is 38.7 Å². The number of methoxy groups -OCH3 is 2. The van der Waals surface area contributed by atoms with Gasteiger partial charge in [0.05, 0.1) is 14.2 Å². The van der Waals surface area contributed by atoms with Crippen LogP contribution in [-0.2, 0) is 12.8 Å². The van der Waals surface area contributed by atoms with Gasteiger partial charge >= 0.3 is 0 Å². The Morgan fingerprint density at radius 1 is 0.895 bits per heavy atom. The molecule has 1 N–H and O–H groups in total. The maximum absolute atomic E-state index is 10.2. The molecule has 3 heteroatoms. The van der Waals surface area contributed by atoms with E-state index in [9.17, 15) is 5.11 Å². The number of benzene rings is 2. The van der Waals surface area contributed by atoms with E-state index in [1.54, 1.807) is 20.3 Å². The molecule has 2 aromatic rings. The lowest BCUT2D eigenvalue weighted by Gasteiger charge is -2.24. The predicted octanol–water partition coefficient (Wildman–Crippen LogP) is 3.18. The van der Waals surface area contributed by atoms with E-state index in [2.05, 4.69) is 6.07 Å². The van der Waals surface area contributed by atoms with Crippen LogP contribution in [0.5, 0.6) is 17.2 Å². The van der Waals surface area contributed by atoms with Crippen molar-refractivity contribution in [1.82, 2.24) is 0 Å². The van der Waals surface area contributed by atoms with Crippen LogP contribution in [0.4, 0.5) is 0 Å². The fourth-order valence-corrected chi connectivity index (χ4v) is 2.80. The average molecular weight is 256 g/mol. The monoisotopic (exact) mass is 256 g/mol. The summed E-state index contributed by atoms with van der Waals surface area (Å²) in [6.45, 7) is 0. The van der Waals surface area contributed by atoms with Crippen molar-refractivity contribution in [3.63, 3.8) is 0 Å². The molecular weight excluding hydrogens is 240 g/mol. The fraction of sp³-hybridized carbons (Fsp3) is 0.250. The fourth-order valence-electron chi connectivity index (χ4n) is 2.80. The van der Waals surface area contributed by atoms with Crippen LogP contribution in [0.1, 0.15) is 11.1 Å². The number of hydrogen-bond acceptors (Lipinski definition) is 3. The molecule has 1 aliphatic carbocycles. The van der Waals surface area contributed by atoms with Gasteiger partial charge < -0.3 is 14.6 Å². The summed E-state index contributed by atoms with van der Waals surface area (Å²) in [5.74, 6) is 1.69. The van der Waals surface area contributed by atoms with E-state index in [4.69, 9.17) is 9.47 Å². The van der Waals surface area contributed by atoms with Crippen molar-refractivity contribution < 1.29 is 14.6 Å². The third-order valence-electron chi connectivity index (χ3n) is 3.67. The standard InChI is InChI=1S/C16H16O3/c1-18-13-9-8-11-7-6-10-4-3-5-12(17)14(10)15(11)16(13)19-2/h3-5,8-9,17H,6-7H2,1-2H3. The normalized spacial score (nSPS) is 12.5. The lowest BCUT2D eigenvalue weighted by Crippen LogP contribution is -2.06. The Hall–Kier alpha value is -2.16. The van der Waals surface area contributed by atoms with Crippen molar-refractivity contribution in [2.75, 3.05) is 14.2 Å². The van der Waals surface area contributed by atoms with Crippen molar-refractivity contribution in [2.45, 2.75) is 12.8 Å². The Morgan fingerprint density at radius 3 is 2.32 bits per heavy atom. The molecule has 0 heterocycles. The quantitative estimate of drug-likeness (QED) is 0.897. The number of phenolic OH excluding ortho intramolecular Hbond substituents is 1. The van der Waals surface area contributed by atoms with Gasteiger partial charge in [-0.05, 0) is 36.1 Å². The smallest absolute Gasteiger partial charge is 0.168 e. The summed E-state index contributed by atoms with van der Waals surface area (Å²) in [7, 11) is 3.26. The van der Waals surface area contributed by atoms with Crippen LogP contribution in [0.3, 0.4) is 0 Å². The van der Waals surface area contributed by atoms with Crippen molar-refractivity contribution >= 4 is 0 Å². The minimum Gasteiger partial charge on any atom is -0.507 e. The van der Waals surface area contributed by atoms with E-state index in [1.165, 1.54) is 5.56 Å². The van der Waals surface area contributed by atoms with E-state index in [0.717, 1.165) is 29.5 Å². The molecule has 0 saturated carbocycles. The maximum Gasteiger partial charge on any atom is 0.168 e. The number of phenols is 1. The Balaban J connectivity index is 2.35. The molecule has 0 spiro atoms. The van der Waals surface area contributed by atoms with Gasteiger partial charge in [0.2, 0.25) is 0 Å². The highest BCUT2D eigenvalue weighted by Crippen LogP contribution is 2.47. The molecular formula is C16H16O3. The Labute approximate surface area is 112 Å². The van der Waals surface area contributed by atoms with Gasteiger partial charge in [-0.25, -0.2) is 0 Å². The van der Waals surface area contributed by atoms with Crippen LogP contribution in [-0.4, -0.2) is 19.3 Å². The summed E-state index contributed by atoms with van der Waals surface area (Å²) < 4.78 is 10.9. The number of aryl methyl sites for hydroxylation is 2. The van der Waals surface area contributed by atoms with Gasteiger partial charge in [-0.15, -0.1) is 0 Å².